The molecule has 3 heteroatoms. The number of thioether (sulfide) groups is 1. The molecule has 0 aliphatic rings. The summed E-state index contributed by atoms with van der Waals surface area (Å²) in [5, 5.41) is 10.4. The standard InChI is InChI=1S/C9H8O2S/c1-12-9-5-8-6(2-3-11-8)4-7(9)10/h2-5,10H,1H3. The highest BCUT2D eigenvalue weighted by atomic mass is 32.2. The smallest absolute Gasteiger partial charge is 0.135 e. The summed E-state index contributed by atoms with van der Waals surface area (Å²) >= 11 is 1.50. The molecule has 2 nitrogen and oxygen atoms in total. The molecule has 1 aromatic carbocycles. The molecule has 0 aliphatic heterocycles. The summed E-state index contributed by atoms with van der Waals surface area (Å²) < 4.78 is 5.19. The number of fused-ring (bicyclic) bond motifs is 1. The SMILES string of the molecule is CSc1cc2occc2cc1O. The summed E-state index contributed by atoms with van der Waals surface area (Å²) in [5.41, 5.74) is 0.817. The van der Waals surface area contributed by atoms with Crippen LogP contribution in [0.4, 0.5) is 0 Å². The van der Waals surface area contributed by atoms with Crippen LogP contribution < -0.4 is 0 Å². The minimum Gasteiger partial charge on any atom is -0.507 e. The molecular weight excluding hydrogens is 172 g/mol. The molecule has 0 amide bonds. The van der Waals surface area contributed by atoms with Crippen molar-refractivity contribution in [2.45, 2.75) is 4.90 Å². The molecule has 2 aromatic rings. The second-order valence-electron chi connectivity index (χ2n) is 2.48. The van der Waals surface area contributed by atoms with E-state index in [2.05, 4.69) is 0 Å². The maximum Gasteiger partial charge on any atom is 0.135 e. The molecule has 0 unspecified atom stereocenters. The lowest BCUT2D eigenvalue weighted by Gasteiger charge is -1.99. The average molecular weight is 180 g/mol. The Morgan fingerprint density at radius 3 is 3.00 bits per heavy atom. The number of phenols is 1. The maximum atomic E-state index is 9.46. The Hall–Kier alpha value is -1.09. The van der Waals surface area contributed by atoms with Crippen molar-refractivity contribution in [2.24, 2.45) is 0 Å². The predicted octanol–water partition coefficient (Wildman–Crippen LogP) is 2.86. The number of rotatable bonds is 1. The van der Waals surface area contributed by atoms with Crippen LogP contribution in [0, 0.1) is 0 Å². The minimum absolute atomic E-state index is 0.316. The van der Waals surface area contributed by atoms with Gasteiger partial charge in [-0.3, -0.25) is 0 Å². The Morgan fingerprint density at radius 2 is 2.25 bits per heavy atom. The molecule has 0 bridgehead atoms. The van der Waals surface area contributed by atoms with Gasteiger partial charge in [0.2, 0.25) is 0 Å². The molecule has 0 aliphatic carbocycles. The second-order valence-corrected chi connectivity index (χ2v) is 3.33. The minimum atomic E-state index is 0.316. The predicted molar refractivity (Wildman–Crippen MR) is 49.7 cm³/mol. The van der Waals surface area contributed by atoms with Crippen molar-refractivity contribution in [3.8, 4) is 5.75 Å². The lowest BCUT2D eigenvalue weighted by atomic mass is 10.2. The van der Waals surface area contributed by atoms with Crippen molar-refractivity contribution < 1.29 is 9.52 Å². The van der Waals surface area contributed by atoms with E-state index in [1.165, 1.54) is 11.8 Å². The Labute approximate surface area is 74.2 Å². The highest BCUT2D eigenvalue weighted by Gasteiger charge is 2.03. The average Bonchev–Trinajstić information content (AvgIpc) is 2.49. The van der Waals surface area contributed by atoms with E-state index in [1.54, 1.807) is 12.3 Å². The van der Waals surface area contributed by atoms with E-state index in [1.807, 2.05) is 18.4 Å². The van der Waals surface area contributed by atoms with Crippen LogP contribution in [-0.4, -0.2) is 11.4 Å². The van der Waals surface area contributed by atoms with Crippen LogP contribution >= 0.6 is 11.8 Å². The fourth-order valence-corrected chi connectivity index (χ4v) is 1.64. The van der Waals surface area contributed by atoms with Crippen molar-refractivity contribution in [2.75, 3.05) is 6.26 Å². The summed E-state index contributed by atoms with van der Waals surface area (Å²) in [6, 6.07) is 5.39. The van der Waals surface area contributed by atoms with Gasteiger partial charge in [-0.25, -0.2) is 0 Å². The van der Waals surface area contributed by atoms with Gasteiger partial charge in [-0.15, -0.1) is 11.8 Å². The highest BCUT2D eigenvalue weighted by molar-refractivity contribution is 7.98. The van der Waals surface area contributed by atoms with E-state index < -0.39 is 0 Å². The van der Waals surface area contributed by atoms with Crippen LogP contribution in [0.3, 0.4) is 0 Å². The van der Waals surface area contributed by atoms with Gasteiger partial charge in [0.25, 0.3) is 0 Å². The zero-order chi connectivity index (χ0) is 8.55. The van der Waals surface area contributed by atoms with E-state index in [9.17, 15) is 5.11 Å². The lowest BCUT2D eigenvalue weighted by Crippen LogP contribution is -1.72. The fraction of sp³-hybridized carbons (Fsp3) is 0.111. The fourth-order valence-electron chi connectivity index (χ4n) is 1.14. The molecule has 0 saturated carbocycles. The van der Waals surface area contributed by atoms with E-state index in [0.717, 1.165) is 15.9 Å². The van der Waals surface area contributed by atoms with Gasteiger partial charge in [0, 0.05) is 5.39 Å². The first-order chi connectivity index (χ1) is 5.81. The third-order valence-corrected chi connectivity index (χ3v) is 2.52. The van der Waals surface area contributed by atoms with Gasteiger partial charge in [-0.1, -0.05) is 0 Å². The van der Waals surface area contributed by atoms with Crippen molar-refractivity contribution in [3.63, 3.8) is 0 Å². The van der Waals surface area contributed by atoms with E-state index in [4.69, 9.17) is 4.42 Å². The van der Waals surface area contributed by atoms with Crippen molar-refractivity contribution >= 4 is 22.7 Å². The van der Waals surface area contributed by atoms with Gasteiger partial charge in [0.05, 0.1) is 11.2 Å². The summed E-state index contributed by atoms with van der Waals surface area (Å²) in [5.74, 6) is 0.316. The van der Waals surface area contributed by atoms with Gasteiger partial charge in [-0.2, -0.15) is 0 Å². The van der Waals surface area contributed by atoms with Crippen molar-refractivity contribution in [1.82, 2.24) is 0 Å². The number of phenolic OH excluding ortho intramolecular Hbond substituents is 1. The van der Waals surface area contributed by atoms with Crippen LogP contribution in [0.25, 0.3) is 11.0 Å². The number of benzene rings is 1. The summed E-state index contributed by atoms with van der Waals surface area (Å²) in [6.07, 6.45) is 3.54. The molecule has 1 heterocycles. The van der Waals surface area contributed by atoms with E-state index in [0.29, 0.717) is 5.75 Å². The third-order valence-electron chi connectivity index (χ3n) is 1.75. The molecule has 0 radical (unpaired) electrons. The zero-order valence-corrected chi connectivity index (χ0v) is 7.39. The number of hydrogen-bond acceptors (Lipinski definition) is 3. The van der Waals surface area contributed by atoms with Gasteiger partial charge < -0.3 is 9.52 Å². The first-order valence-corrected chi connectivity index (χ1v) is 4.78. The Balaban J connectivity index is 2.73. The largest absolute Gasteiger partial charge is 0.507 e. The molecule has 62 valence electrons. The second kappa shape index (κ2) is 2.75. The van der Waals surface area contributed by atoms with Crippen LogP contribution in [0.2, 0.25) is 0 Å². The third kappa shape index (κ3) is 1.06. The van der Waals surface area contributed by atoms with Gasteiger partial charge in [0.1, 0.15) is 11.3 Å². The van der Waals surface area contributed by atoms with Gasteiger partial charge >= 0.3 is 0 Å². The van der Waals surface area contributed by atoms with E-state index in [-0.39, 0.29) is 0 Å². The Bertz CT molecular complexity index is 406. The molecule has 1 aromatic heterocycles. The monoisotopic (exact) mass is 180 g/mol. The Morgan fingerprint density at radius 1 is 1.42 bits per heavy atom. The molecule has 1 N–H and O–H groups in total. The molecule has 0 spiro atoms. The molecule has 0 fully saturated rings. The summed E-state index contributed by atoms with van der Waals surface area (Å²) in [4.78, 5) is 0.845. The van der Waals surface area contributed by atoms with Crippen molar-refractivity contribution in [1.29, 1.82) is 0 Å². The maximum absolute atomic E-state index is 9.46. The number of aromatic hydroxyl groups is 1. The van der Waals surface area contributed by atoms with Crippen LogP contribution in [0.15, 0.2) is 33.8 Å². The topological polar surface area (TPSA) is 33.4 Å². The molecular formula is C9H8O2S. The lowest BCUT2D eigenvalue weighted by molar-refractivity contribution is 0.463. The molecule has 0 saturated heterocycles. The van der Waals surface area contributed by atoms with Crippen LogP contribution in [0.5, 0.6) is 5.75 Å². The van der Waals surface area contributed by atoms with Gasteiger partial charge in [-0.05, 0) is 24.5 Å². The molecule has 2 rings (SSSR count). The Kier molecular flexibility index (Phi) is 1.73. The highest BCUT2D eigenvalue weighted by Crippen LogP contribution is 2.31. The van der Waals surface area contributed by atoms with Crippen molar-refractivity contribution in [3.05, 3.63) is 24.5 Å². The number of furan rings is 1. The summed E-state index contributed by atoms with van der Waals surface area (Å²) in [7, 11) is 0. The molecule has 0 atom stereocenters. The first kappa shape index (κ1) is 7.55. The summed E-state index contributed by atoms with van der Waals surface area (Å²) in [6.45, 7) is 0. The zero-order valence-electron chi connectivity index (χ0n) is 6.57. The number of hydrogen-bond donors (Lipinski definition) is 1. The van der Waals surface area contributed by atoms with E-state index >= 15 is 0 Å². The first-order valence-electron chi connectivity index (χ1n) is 3.55. The van der Waals surface area contributed by atoms with Crippen LogP contribution in [0.1, 0.15) is 0 Å². The van der Waals surface area contributed by atoms with Gasteiger partial charge in [0.15, 0.2) is 0 Å². The quantitative estimate of drug-likeness (QED) is 0.685. The van der Waals surface area contributed by atoms with Crippen LogP contribution in [-0.2, 0) is 0 Å². The normalized spacial score (nSPS) is 10.8. The molecule has 12 heavy (non-hydrogen) atoms.